The van der Waals surface area contributed by atoms with Crippen molar-refractivity contribution in [3.05, 3.63) is 64.5 Å². The molecule has 1 nitrogen and oxygen atoms in total. The van der Waals surface area contributed by atoms with E-state index in [1.807, 2.05) is 12.1 Å². The molecular weight excluding hydrogens is 361 g/mol. The first-order valence-electron chi connectivity index (χ1n) is 10.4. The monoisotopic (exact) mass is 390 g/mol. The van der Waals surface area contributed by atoms with Crippen molar-refractivity contribution < 1.29 is 17.9 Å². The van der Waals surface area contributed by atoms with E-state index in [4.69, 9.17) is 4.74 Å². The lowest BCUT2D eigenvalue weighted by Gasteiger charge is -2.29. The van der Waals surface area contributed by atoms with Gasteiger partial charge in [0.2, 0.25) is 5.82 Å². The molecule has 0 saturated heterocycles. The Morgan fingerprint density at radius 1 is 0.929 bits per heavy atom. The number of benzene rings is 2. The Morgan fingerprint density at radius 3 is 2.32 bits per heavy atom. The van der Waals surface area contributed by atoms with Crippen LogP contribution in [0.1, 0.15) is 68.6 Å². The van der Waals surface area contributed by atoms with E-state index in [1.165, 1.54) is 6.07 Å². The van der Waals surface area contributed by atoms with Crippen LogP contribution in [0, 0.1) is 23.4 Å². The van der Waals surface area contributed by atoms with Gasteiger partial charge in [-0.1, -0.05) is 38.5 Å². The fraction of sp³-hybridized carbons (Fsp3) is 0.500. The van der Waals surface area contributed by atoms with Gasteiger partial charge in [-0.3, -0.25) is 0 Å². The van der Waals surface area contributed by atoms with Crippen molar-refractivity contribution in [1.29, 1.82) is 0 Å². The van der Waals surface area contributed by atoms with Crippen LogP contribution in [0.4, 0.5) is 13.2 Å². The number of hydrogen-bond acceptors (Lipinski definition) is 1. The molecule has 0 N–H and O–H groups in total. The molecule has 0 atom stereocenters. The molecule has 152 valence electrons. The largest absolute Gasteiger partial charge is 0.490 e. The summed E-state index contributed by atoms with van der Waals surface area (Å²) in [7, 11) is 0. The molecule has 1 fully saturated rings. The lowest BCUT2D eigenvalue weighted by Crippen LogP contribution is -2.20. The highest BCUT2D eigenvalue weighted by molar-refractivity contribution is 5.31. The lowest BCUT2D eigenvalue weighted by molar-refractivity contribution is 0.192. The first-order chi connectivity index (χ1) is 13.5. The zero-order valence-corrected chi connectivity index (χ0v) is 16.7. The van der Waals surface area contributed by atoms with Crippen molar-refractivity contribution in [3.8, 4) is 5.75 Å². The summed E-state index contributed by atoms with van der Waals surface area (Å²) in [4.78, 5) is 0. The molecule has 0 unspecified atom stereocenters. The smallest absolute Gasteiger partial charge is 0.200 e. The molecule has 1 aliphatic rings. The van der Waals surface area contributed by atoms with E-state index >= 15 is 0 Å². The van der Waals surface area contributed by atoms with Gasteiger partial charge in [0.1, 0.15) is 5.82 Å². The fourth-order valence-corrected chi connectivity index (χ4v) is 4.15. The van der Waals surface area contributed by atoms with E-state index in [-0.39, 0.29) is 23.4 Å². The highest BCUT2D eigenvalue weighted by atomic mass is 19.2. The quantitative estimate of drug-likeness (QED) is 0.496. The summed E-state index contributed by atoms with van der Waals surface area (Å²) in [5.41, 5.74) is 2.22. The molecule has 0 heterocycles. The van der Waals surface area contributed by atoms with E-state index in [9.17, 15) is 13.2 Å². The Labute approximate surface area is 165 Å². The second kappa shape index (κ2) is 9.49. The van der Waals surface area contributed by atoms with Crippen LogP contribution in [0.25, 0.3) is 0 Å². The standard InChI is InChI=1S/C24H29F3O/c1-3-5-16-8-12-20(21(25)14-16)19-9-6-17(7-10-19)15-28-22-13-11-18(4-2)23(26)24(22)27/h8,11-14,17,19H,3-7,9-10,15H2,1-2H3. The molecule has 1 saturated carbocycles. The maximum Gasteiger partial charge on any atom is 0.200 e. The van der Waals surface area contributed by atoms with Gasteiger partial charge in [0.15, 0.2) is 11.6 Å². The number of halogens is 3. The molecule has 0 bridgehead atoms. The molecule has 2 aromatic carbocycles. The zero-order valence-electron chi connectivity index (χ0n) is 16.7. The molecule has 28 heavy (non-hydrogen) atoms. The van der Waals surface area contributed by atoms with E-state index < -0.39 is 11.6 Å². The van der Waals surface area contributed by atoms with Gasteiger partial charge in [0, 0.05) is 0 Å². The molecule has 3 rings (SSSR count). The number of ether oxygens (including phenoxy) is 1. The summed E-state index contributed by atoms with van der Waals surface area (Å²) in [5.74, 6) is -1.32. The highest BCUT2D eigenvalue weighted by Gasteiger charge is 2.25. The van der Waals surface area contributed by atoms with Crippen LogP contribution in [0.3, 0.4) is 0 Å². The molecule has 0 amide bonds. The summed E-state index contributed by atoms with van der Waals surface area (Å²) in [5, 5.41) is 0. The molecule has 0 aliphatic heterocycles. The van der Waals surface area contributed by atoms with Crippen molar-refractivity contribution in [2.24, 2.45) is 5.92 Å². The Balaban J connectivity index is 1.54. The van der Waals surface area contributed by atoms with Crippen LogP contribution in [0.2, 0.25) is 0 Å². The maximum atomic E-state index is 14.5. The van der Waals surface area contributed by atoms with Gasteiger partial charge in [-0.2, -0.15) is 4.39 Å². The predicted octanol–water partition coefficient (Wildman–Crippen LogP) is 6.97. The van der Waals surface area contributed by atoms with Crippen LogP contribution in [0.5, 0.6) is 5.75 Å². The molecule has 0 aromatic heterocycles. The van der Waals surface area contributed by atoms with Gasteiger partial charge in [-0.25, -0.2) is 8.78 Å². The molecular formula is C24H29F3O. The van der Waals surface area contributed by atoms with Gasteiger partial charge >= 0.3 is 0 Å². The van der Waals surface area contributed by atoms with Crippen LogP contribution in [-0.2, 0) is 12.8 Å². The Kier molecular flexibility index (Phi) is 7.03. The minimum absolute atomic E-state index is 0.0191. The van der Waals surface area contributed by atoms with Crippen molar-refractivity contribution in [2.45, 2.75) is 64.7 Å². The molecule has 4 heteroatoms. The molecule has 0 radical (unpaired) electrons. The van der Waals surface area contributed by atoms with Gasteiger partial charge < -0.3 is 4.74 Å². The third kappa shape index (κ3) is 4.71. The van der Waals surface area contributed by atoms with E-state index in [0.29, 0.717) is 18.6 Å². The summed E-state index contributed by atoms with van der Waals surface area (Å²) in [6, 6.07) is 8.74. The second-order valence-electron chi connectivity index (χ2n) is 7.84. The van der Waals surface area contributed by atoms with Crippen molar-refractivity contribution >= 4 is 0 Å². The third-order valence-electron chi connectivity index (χ3n) is 5.87. The molecule has 0 spiro atoms. The SMILES string of the molecule is CCCc1ccc(C2CCC(COc3ccc(CC)c(F)c3F)CC2)c(F)c1. The second-order valence-corrected chi connectivity index (χ2v) is 7.84. The summed E-state index contributed by atoms with van der Waals surface area (Å²) < 4.78 is 48.0. The van der Waals surface area contributed by atoms with E-state index in [1.54, 1.807) is 19.1 Å². The zero-order chi connectivity index (χ0) is 20.1. The van der Waals surface area contributed by atoms with Crippen LogP contribution in [-0.4, -0.2) is 6.61 Å². The average molecular weight is 390 g/mol. The average Bonchev–Trinajstić information content (AvgIpc) is 2.70. The molecule has 2 aromatic rings. The lowest BCUT2D eigenvalue weighted by atomic mass is 9.78. The first kappa shape index (κ1) is 20.8. The van der Waals surface area contributed by atoms with Crippen molar-refractivity contribution in [2.75, 3.05) is 6.61 Å². The highest BCUT2D eigenvalue weighted by Crippen LogP contribution is 2.37. The predicted molar refractivity (Wildman–Crippen MR) is 106 cm³/mol. The summed E-state index contributed by atoms with van der Waals surface area (Å²) in [6.45, 7) is 4.25. The topological polar surface area (TPSA) is 9.23 Å². The maximum absolute atomic E-state index is 14.5. The van der Waals surface area contributed by atoms with E-state index in [0.717, 1.165) is 49.7 Å². The van der Waals surface area contributed by atoms with Crippen LogP contribution < -0.4 is 4.74 Å². The van der Waals surface area contributed by atoms with Crippen molar-refractivity contribution in [1.82, 2.24) is 0 Å². The van der Waals surface area contributed by atoms with Crippen molar-refractivity contribution in [3.63, 3.8) is 0 Å². The van der Waals surface area contributed by atoms with E-state index in [2.05, 4.69) is 6.92 Å². The van der Waals surface area contributed by atoms with Gasteiger partial charge in [-0.05, 0) is 79.2 Å². The number of aryl methyl sites for hydroxylation is 2. The number of hydrogen-bond donors (Lipinski definition) is 0. The van der Waals surface area contributed by atoms with Gasteiger partial charge in [0.25, 0.3) is 0 Å². The summed E-state index contributed by atoms with van der Waals surface area (Å²) in [6.07, 6.45) is 5.94. The van der Waals surface area contributed by atoms with Crippen LogP contribution >= 0.6 is 0 Å². The fourth-order valence-electron chi connectivity index (χ4n) is 4.15. The first-order valence-corrected chi connectivity index (χ1v) is 10.4. The van der Waals surface area contributed by atoms with Gasteiger partial charge in [-0.15, -0.1) is 0 Å². The summed E-state index contributed by atoms with van der Waals surface area (Å²) >= 11 is 0. The minimum atomic E-state index is -0.901. The van der Waals surface area contributed by atoms with Gasteiger partial charge in [0.05, 0.1) is 6.61 Å². The Bertz CT molecular complexity index is 795. The minimum Gasteiger partial charge on any atom is -0.490 e. The van der Waals surface area contributed by atoms with Crippen LogP contribution in [0.15, 0.2) is 30.3 Å². The third-order valence-corrected chi connectivity index (χ3v) is 5.87. The number of rotatable bonds is 7. The molecule has 1 aliphatic carbocycles. The Hall–Kier alpha value is -1.97. The normalized spacial score (nSPS) is 19.6. The Morgan fingerprint density at radius 2 is 1.68 bits per heavy atom.